The lowest BCUT2D eigenvalue weighted by Crippen LogP contribution is -2.28. The first-order valence-electron chi connectivity index (χ1n) is 8.02. The molecule has 1 N–H and O–H groups in total. The molecular formula is C18H24N4O. The Morgan fingerprint density at radius 3 is 2.52 bits per heavy atom. The third kappa shape index (κ3) is 4.77. The van der Waals surface area contributed by atoms with Crippen molar-refractivity contribution in [1.29, 1.82) is 0 Å². The summed E-state index contributed by atoms with van der Waals surface area (Å²) in [7, 11) is 1.98. The fourth-order valence-corrected chi connectivity index (χ4v) is 2.26. The molecule has 1 atom stereocenters. The molecule has 0 saturated heterocycles. The van der Waals surface area contributed by atoms with Crippen molar-refractivity contribution in [2.75, 3.05) is 18.5 Å². The number of carbonyl (C=O) groups is 1. The Kier molecular flexibility index (Phi) is 6.09. The van der Waals surface area contributed by atoms with Crippen LogP contribution in [0.4, 0.5) is 5.82 Å². The number of benzene rings is 1. The van der Waals surface area contributed by atoms with Crippen LogP contribution in [0.2, 0.25) is 0 Å². The molecule has 0 spiro atoms. The van der Waals surface area contributed by atoms with Gasteiger partial charge in [0.2, 0.25) is 0 Å². The minimum atomic E-state index is -0.211. The molecule has 0 aliphatic carbocycles. The number of amides is 1. The van der Waals surface area contributed by atoms with Crippen LogP contribution >= 0.6 is 0 Å². The molecule has 0 aliphatic rings. The van der Waals surface area contributed by atoms with E-state index in [2.05, 4.69) is 22.4 Å². The van der Waals surface area contributed by atoms with Crippen molar-refractivity contribution in [3.63, 3.8) is 0 Å². The highest BCUT2D eigenvalue weighted by Crippen LogP contribution is 2.13. The molecule has 23 heavy (non-hydrogen) atoms. The van der Waals surface area contributed by atoms with E-state index in [9.17, 15) is 4.79 Å². The van der Waals surface area contributed by atoms with Gasteiger partial charge in [0.05, 0.1) is 6.04 Å². The molecule has 2 rings (SSSR count). The summed E-state index contributed by atoms with van der Waals surface area (Å²) in [6.45, 7) is 5.04. The van der Waals surface area contributed by atoms with E-state index in [1.165, 1.54) is 0 Å². The zero-order chi connectivity index (χ0) is 16.7. The smallest absolute Gasteiger partial charge is 0.272 e. The standard InChI is InChI=1S/C18H24N4O/c1-4-5-13-22(3)17-12-11-16(20-21-17)18(23)19-14(2)15-9-7-6-8-10-15/h6-12,14H,4-5,13H2,1-3H3,(H,19,23). The van der Waals surface area contributed by atoms with Gasteiger partial charge in [0.25, 0.3) is 5.91 Å². The highest BCUT2D eigenvalue weighted by atomic mass is 16.2. The molecule has 2 aromatic rings. The van der Waals surface area contributed by atoms with E-state index in [-0.39, 0.29) is 11.9 Å². The Bertz CT molecular complexity index is 613. The molecule has 0 fully saturated rings. The van der Waals surface area contributed by atoms with Crippen molar-refractivity contribution < 1.29 is 4.79 Å². The van der Waals surface area contributed by atoms with E-state index < -0.39 is 0 Å². The van der Waals surface area contributed by atoms with Crippen LogP contribution in [0.3, 0.4) is 0 Å². The van der Waals surface area contributed by atoms with E-state index in [1.807, 2.05) is 55.3 Å². The Morgan fingerprint density at radius 1 is 1.17 bits per heavy atom. The summed E-state index contributed by atoms with van der Waals surface area (Å²) >= 11 is 0. The molecule has 0 aliphatic heterocycles. The van der Waals surface area contributed by atoms with Gasteiger partial charge in [0, 0.05) is 13.6 Å². The van der Waals surface area contributed by atoms with Crippen LogP contribution < -0.4 is 10.2 Å². The maximum atomic E-state index is 12.3. The van der Waals surface area contributed by atoms with Gasteiger partial charge in [-0.1, -0.05) is 43.7 Å². The maximum absolute atomic E-state index is 12.3. The van der Waals surface area contributed by atoms with Crippen molar-refractivity contribution in [1.82, 2.24) is 15.5 Å². The number of anilines is 1. The molecule has 1 aromatic heterocycles. The van der Waals surface area contributed by atoms with Crippen LogP contribution in [0.25, 0.3) is 0 Å². The second-order valence-corrected chi connectivity index (χ2v) is 5.66. The van der Waals surface area contributed by atoms with Gasteiger partial charge >= 0.3 is 0 Å². The molecule has 1 unspecified atom stereocenters. The van der Waals surface area contributed by atoms with Gasteiger partial charge in [-0.2, -0.15) is 0 Å². The van der Waals surface area contributed by atoms with Gasteiger partial charge < -0.3 is 10.2 Å². The first-order chi connectivity index (χ1) is 11.1. The normalized spacial score (nSPS) is 11.8. The average molecular weight is 312 g/mol. The van der Waals surface area contributed by atoms with Crippen LogP contribution in [0, 0.1) is 0 Å². The molecular weight excluding hydrogens is 288 g/mol. The molecule has 5 heteroatoms. The summed E-state index contributed by atoms with van der Waals surface area (Å²) in [6.07, 6.45) is 2.24. The first kappa shape index (κ1) is 16.9. The van der Waals surface area contributed by atoms with E-state index in [4.69, 9.17) is 0 Å². The van der Waals surface area contributed by atoms with Gasteiger partial charge in [-0.15, -0.1) is 10.2 Å². The maximum Gasteiger partial charge on any atom is 0.272 e. The second kappa shape index (κ2) is 8.27. The zero-order valence-corrected chi connectivity index (χ0v) is 14.0. The fourth-order valence-electron chi connectivity index (χ4n) is 2.26. The fraction of sp³-hybridized carbons (Fsp3) is 0.389. The number of nitrogens with one attached hydrogen (secondary N) is 1. The Balaban J connectivity index is 1.97. The number of rotatable bonds is 7. The topological polar surface area (TPSA) is 58.1 Å². The lowest BCUT2D eigenvalue weighted by molar-refractivity contribution is 0.0934. The first-order valence-corrected chi connectivity index (χ1v) is 8.02. The minimum absolute atomic E-state index is 0.0718. The molecule has 0 bridgehead atoms. The number of carbonyl (C=O) groups excluding carboxylic acids is 1. The SMILES string of the molecule is CCCCN(C)c1ccc(C(=O)NC(C)c2ccccc2)nn1. The van der Waals surface area contributed by atoms with Crippen LogP contribution in [0.1, 0.15) is 48.8 Å². The quantitative estimate of drug-likeness (QED) is 0.853. The summed E-state index contributed by atoms with van der Waals surface area (Å²) in [6, 6.07) is 13.3. The van der Waals surface area contributed by atoms with Crippen LogP contribution in [0.5, 0.6) is 0 Å². The number of aromatic nitrogens is 2. The van der Waals surface area contributed by atoms with Gasteiger partial charge in [-0.05, 0) is 31.0 Å². The number of unbranched alkanes of at least 4 members (excludes halogenated alkanes) is 1. The van der Waals surface area contributed by atoms with Crippen molar-refractivity contribution >= 4 is 11.7 Å². The lowest BCUT2D eigenvalue weighted by atomic mass is 10.1. The molecule has 1 heterocycles. The van der Waals surface area contributed by atoms with Gasteiger partial charge in [0.1, 0.15) is 0 Å². The molecule has 5 nitrogen and oxygen atoms in total. The van der Waals surface area contributed by atoms with Crippen molar-refractivity contribution in [2.45, 2.75) is 32.7 Å². The Labute approximate surface area is 137 Å². The molecule has 1 amide bonds. The predicted molar refractivity (Wildman–Crippen MR) is 92.5 cm³/mol. The molecule has 0 radical (unpaired) electrons. The van der Waals surface area contributed by atoms with Crippen LogP contribution in [0.15, 0.2) is 42.5 Å². The van der Waals surface area contributed by atoms with E-state index in [1.54, 1.807) is 6.07 Å². The molecule has 1 aromatic carbocycles. The van der Waals surface area contributed by atoms with E-state index >= 15 is 0 Å². The molecule has 122 valence electrons. The largest absolute Gasteiger partial charge is 0.358 e. The summed E-state index contributed by atoms with van der Waals surface area (Å²) in [4.78, 5) is 14.3. The summed E-state index contributed by atoms with van der Waals surface area (Å²) in [5.74, 6) is 0.572. The third-order valence-electron chi connectivity index (χ3n) is 3.77. The van der Waals surface area contributed by atoms with Gasteiger partial charge in [-0.25, -0.2) is 0 Å². The Hall–Kier alpha value is -2.43. The lowest BCUT2D eigenvalue weighted by Gasteiger charge is -2.17. The highest BCUT2D eigenvalue weighted by molar-refractivity contribution is 5.92. The number of nitrogens with zero attached hydrogens (tertiary/aromatic N) is 3. The van der Waals surface area contributed by atoms with Crippen LogP contribution in [-0.4, -0.2) is 29.7 Å². The highest BCUT2D eigenvalue weighted by Gasteiger charge is 2.13. The van der Waals surface area contributed by atoms with Crippen molar-refractivity contribution in [3.8, 4) is 0 Å². The summed E-state index contributed by atoms with van der Waals surface area (Å²) in [5.41, 5.74) is 1.39. The van der Waals surface area contributed by atoms with Gasteiger partial charge in [0.15, 0.2) is 11.5 Å². The zero-order valence-electron chi connectivity index (χ0n) is 14.0. The minimum Gasteiger partial charge on any atom is -0.358 e. The van der Waals surface area contributed by atoms with E-state index in [0.29, 0.717) is 5.69 Å². The third-order valence-corrected chi connectivity index (χ3v) is 3.77. The van der Waals surface area contributed by atoms with Crippen LogP contribution in [-0.2, 0) is 0 Å². The summed E-state index contributed by atoms with van der Waals surface area (Å²) < 4.78 is 0. The van der Waals surface area contributed by atoms with Gasteiger partial charge in [-0.3, -0.25) is 4.79 Å². The van der Waals surface area contributed by atoms with E-state index in [0.717, 1.165) is 30.8 Å². The Morgan fingerprint density at radius 2 is 1.91 bits per heavy atom. The number of hydrogen-bond acceptors (Lipinski definition) is 4. The predicted octanol–water partition coefficient (Wildman–Crippen LogP) is 3.20. The van der Waals surface area contributed by atoms with Crippen molar-refractivity contribution in [3.05, 3.63) is 53.7 Å². The monoisotopic (exact) mass is 312 g/mol. The van der Waals surface area contributed by atoms with Crippen molar-refractivity contribution in [2.24, 2.45) is 0 Å². The average Bonchev–Trinajstić information content (AvgIpc) is 2.60. The molecule has 0 saturated carbocycles. The second-order valence-electron chi connectivity index (χ2n) is 5.66. The number of hydrogen-bond donors (Lipinski definition) is 1. The summed E-state index contributed by atoms with van der Waals surface area (Å²) in [5, 5.41) is 11.1.